The Morgan fingerprint density at radius 3 is 2.28 bits per heavy atom. The normalized spacial score (nSPS) is 17.7. The van der Waals surface area contributed by atoms with Crippen LogP contribution in [-0.2, 0) is 36.9 Å². The molecule has 2 aromatic carbocycles. The standard InChI is InChI=1S/C45H62N4O8S/c1-8-29(4)36(24-40(52)38-16-12-13-21-48(38)7)44(54)49(26-33-14-10-9-11-15-33)39(28(2)3)25-41(57-31(6)50)43-47-37(27-58-43)42(53)46-34(22-30(5)45(55)56)23-32-17-19-35(51)20-18-32/h9-11,14-15,17-20,27-30,34,36,38-39,41,51H,8,12-13,16,21-26H2,1-7H3,(H,46,53)(H,55,56)/t29-,30-,34+,36-,38+,39+,41+/m0/s1. The molecule has 0 aliphatic carbocycles. The van der Waals surface area contributed by atoms with E-state index in [1.165, 1.54) is 30.4 Å². The second-order valence-electron chi connectivity index (χ2n) is 16.3. The van der Waals surface area contributed by atoms with E-state index in [9.17, 15) is 29.4 Å². The molecule has 0 spiro atoms. The lowest BCUT2D eigenvalue weighted by molar-refractivity contribution is -0.150. The van der Waals surface area contributed by atoms with Crippen LogP contribution >= 0.6 is 11.3 Å². The summed E-state index contributed by atoms with van der Waals surface area (Å²) in [5.74, 6) is -3.37. The number of thiazole rings is 1. The van der Waals surface area contributed by atoms with Crippen LogP contribution in [0.5, 0.6) is 5.75 Å². The van der Waals surface area contributed by atoms with E-state index in [1.807, 2.05) is 70.0 Å². The molecule has 0 radical (unpaired) electrons. The molecular formula is C45H62N4O8S. The number of nitrogens with zero attached hydrogens (tertiary/aromatic N) is 3. The summed E-state index contributed by atoms with van der Waals surface area (Å²) in [6, 6.07) is 15.0. The Hall–Kier alpha value is -4.62. The van der Waals surface area contributed by atoms with Gasteiger partial charge in [0.15, 0.2) is 11.9 Å². The van der Waals surface area contributed by atoms with Crippen molar-refractivity contribution in [2.75, 3.05) is 13.6 Å². The van der Waals surface area contributed by atoms with Crippen molar-refractivity contribution < 1.29 is 38.9 Å². The van der Waals surface area contributed by atoms with Gasteiger partial charge in [0.25, 0.3) is 5.91 Å². The fourth-order valence-corrected chi connectivity index (χ4v) is 8.66. The van der Waals surface area contributed by atoms with Crippen LogP contribution in [0.4, 0.5) is 0 Å². The van der Waals surface area contributed by atoms with Gasteiger partial charge in [0, 0.05) is 49.7 Å². The number of ether oxygens (including phenoxy) is 1. The zero-order valence-electron chi connectivity index (χ0n) is 35.1. The Labute approximate surface area is 347 Å². The van der Waals surface area contributed by atoms with Crippen LogP contribution in [0.15, 0.2) is 60.0 Å². The summed E-state index contributed by atoms with van der Waals surface area (Å²) in [4.78, 5) is 75.6. The Balaban J connectivity index is 1.64. The minimum absolute atomic E-state index is 0.0583. The van der Waals surface area contributed by atoms with Gasteiger partial charge >= 0.3 is 11.9 Å². The van der Waals surface area contributed by atoms with Crippen LogP contribution in [0.1, 0.15) is 119 Å². The Kier molecular flexibility index (Phi) is 17.4. The Morgan fingerprint density at radius 1 is 0.983 bits per heavy atom. The number of rotatable bonds is 21. The molecule has 0 saturated carbocycles. The number of nitrogens with one attached hydrogen (secondary N) is 1. The van der Waals surface area contributed by atoms with Gasteiger partial charge in [0.2, 0.25) is 5.91 Å². The van der Waals surface area contributed by atoms with E-state index in [-0.39, 0.29) is 60.3 Å². The van der Waals surface area contributed by atoms with Crippen molar-refractivity contribution in [2.45, 2.75) is 124 Å². The van der Waals surface area contributed by atoms with Gasteiger partial charge in [-0.2, -0.15) is 0 Å². The number of aromatic hydroxyl groups is 1. The van der Waals surface area contributed by atoms with Crippen molar-refractivity contribution in [3.05, 3.63) is 81.8 Å². The summed E-state index contributed by atoms with van der Waals surface area (Å²) < 4.78 is 5.92. The van der Waals surface area contributed by atoms with Crippen LogP contribution in [0.25, 0.3) is 0 Å². The molecule has 1 saturated heterocycles. The van der Waals surface area contributed by atoms with E-state index in [0.29, 0.717) is 18.0 Å². The lowest BCUT2D eigenvalue weighted by atomic mass is 9.82. The summed E-state index contributed by atoms with van der Waals surface area (Å²) in [7, 11) is 1.98. The molecule has 12 nitrogen and oxygen atoms in total. The number of benzene rings is 2. The highest BCUT2D eigenvalue weighted by Gasteiger charge is 2.39. The number of amides is 2. The maximum Gasteiger partial charge on any atom is 0.306 e. The number of phenols is 1. The van der Waals surface area contributed by atoms with Gasteiger partial charge in [-0.1, -0.05) is 89.9 Å². The first-order valence-electron chi connectivity index (χ1n) is 20.6. The molecule has 3 N–H and O–H groups in total. The summed E-state index contributed by atoms with van der Waals surface area (Å²) in [6.07, 6.45) is 3.51. The van der Waals surface area contributed by atoms with Gasteiger partial charge in [-0.3, -0.25) is 28.9 Å². The third-order valence-electron chi connectivity index (χ3n) is 11.5. The van der Waals surface area contributed by atoms with E-state index in [1.54, 1.807) is 24.4 Å². The number of Topliss-reactive ketones (excluding diaryl/α,β-unsaturated/α-hetero) is 1. The maximum absolute atomic E-state index is 15.0. The molecule has 3 aromatic rings. The van der Waals surface area contributed by atoms with Crippen molar-refractivity contribution in [1.29, 1.82) is 0 Å². The fraction of sp³-hybridized carbons (Fsp3) is 0.556. The second-order valence-corrected chi connectivity index (χ2v) is 17.2. The number of ketones is 1. The van der Waals surface area contributed by atoms with E-state index in [4.69, 9.17) is 4.74 Å². The molecule has 13 heteroatoms. The number of hydrogen-bond acceptors (Lipinski definition) is 10. The number of phenolic OH excluding ortho intramolecular Hbond substituents is 1. The number of likely N-dealkylation sites (N-methyl/N-ethyl adjacent to an activating group) is 1. The first kappa shape index (κ1) is 46.1. The molecule has 0 unspecified atom stereocenters. The molecule has 0 bridgehead atoms. The molecular weight excluding hydrogens is 757 g/mol. The summed E-state index contributed by atoms with van der Waals surface area (Å²) in [5.41, 5.74) is 1.83. The number of likely N-dealkylation sites (tertiary alicyclic amines) is 1. The van der Waals surface area contributed by atoms with Gasteiger partial charge in [0.1, 0.15) is 16.5 Å². The predicted molar refractivity (Wildman–Crippen MR) is 224 cm³/mol. The van der Waals surface area contributed by atoms with Crippen LogP contribution in [0, 0.1) is 23.7 Å². The number of carboxylic acids is 1. The smallest absolute Gasteiger partial charge is 0.306 e. The minimum atomic E-state index is -0.983. The van der Waals surface area contributed by atoms with Crippen LogP contribution in [0.2, 0.25) is 0 Å². The first-order chi connectivity index (χ1) is 27.6. The zero-order chi connectivity index (χ0) is 42.5. The zero-order valence-corrected chi connectivity index (χ0v) is 35.9. The topological polar surface area (TPSA) is 166 Å². The highest BCUT2D eigenvalue weighted by atomic mass is 32.1. The lowest BCUT2D eigenvalue weighted by Crippen LogP contribution is -2.49. The quantitative estimate of drug-likeness (QED) is 0.0919. The van der Waals surface area contributed by atoms with Gasteiger partial charge in [-0.05, 0) is 74.4 Å². The maximum atomic E-state index is 15.0. The molecule has 58 heavy (non-hydrogen) atoms. The largest absolute Gasteiger partial charge is 0.508 e. The molecule has 7 atom stereocenters. The lowest BCUT2D eigenvalue weighted by Gasteiger charge is -2.40. The van der Waals surface area contributed by atoms with Gasteiger partial charge in [-0.25, -0.2) is 4.98 Å². The van der Waals surface area contributed by atoms with E-state index >= 15 is 4.79 Å². The van der Waals surface area contributed by atoms with Gasteiger partial charge in [0.05, 0.1) is 12.0 Å². The second kappa shape index (κ2) is 21.9. The molecule has 1 aromatic heterocycles. The molecule has 1 fully saturated rings. The molecule has 1 aliphatic heterocycles. The first-order valence-corrected chi connectivity index (χ1v) is 21.5. The average molecular weight is 819 g/mol. The van der Waals surface area contributed by atoms with Crippen LogP contribution in [-0.4, -0.2) is 86.3 Å². The van der Waals surface area contributed by atoms with Gasteiger partial charge < -0.3 is 25.2 Å². The number of esters is 1. The third kappa shape index (κ3) is 13.2. The summed E-state index contributed by atoms with van der Waals surface area (Å²) in [5, 5.41) is 24.3. The average Bonchev–Trinajstić information content (AvgIpc) is 3.69. The highest BCUT2D eigenvalue weighted by molar-refractivity contribution is 7.09. The van der Waals surface area contributed by atoms with Gasteiger partial charge in [-0.15, -0.1) is 11.3 Å². The van der Waals surface area contributed by atoms with Crippen molar-refractivity contribution in [1.82, 2.24) is 20.1 Å². The minimum Gasteiger partial charge on any atom is -0.508 e. The number of hydrogen-bond donors (Lipinski definition) is 3. The molecule has 2 amide bonds. The Bertz CT molecular complexity index is 1820. The van der Waals surface area contributed by atoms with Crippen LogP contribution in [0.3, 0.4) is 0 Å². The number of aromatic nitrogens is 1. The van der Waals surface area contributed by atoms with E-state index in [0.717, 1.165) is 43.4 Å². The van der Waals surface area contributed by atoms with Crippen molar-refractivity contribution in [3.8, 4) is 5.75 Å². The van der Waals surface area contributed by atoms with E-state index < -0.39 is 47.9 Å². The fourth-order valence-electron chi connectivity index (χ4n) is 7.82. The molecule has 4 rings (SSSR count). The number of aliphatic carboxylic acids is 1. The van der Waals surface area contributed by atoms with Crippen molar-refractivity contribution in [3.63, 3.8) is 0 Å². The van der Waals surface area contributed by atoms with Crippen molar-refractivity contribution in [2.24, 2.45) is 23.7 Å². The van der Waals surface area contributed by atoms with Crippen LogP contribution < -0.4 is 5.32 Å². The number of carbonyl (C=O) groups excluding carboxylic acids is 4. The SMILES string of the molecule is CC[C@H](C)[C@H](CC(=O)[C@H]1CCCCN1C)C(=O)N(Cc1ccccc1)[C@H](C[C@@H](OC(C)=O)c1nc(C(=O)N[C@@H](Cc2ccc(O)cc2)C[C@H](C)C(=O)O)cs1)C(C)C. The highest BCUT2D eigenvalue weighted by Crippen LogP contribution is 2.34. The van der Waals surface area contributed by atoms with Crippen molar-refractivity contribution >= 4 is 40.9 Å². The molecule has 1 aliphatic rings. The number of piperidine rings is 1. The number of carbonyl (C=O) groups is 5. The predicted octanol–water partition coefficient (Wildman–Crippen LogP) is 7.45. The van der Waals surface area contributed by atoms with E-state index in [2.05, 4.69) is 15.2 Å². The third-order valence-corrected chi connectivity index (χ3v) is 12.4. The number of carboxylic acid groups (broad SMARTS) is 1. The summed E-state index contributed by atoms with van der Waals surface area (Å²) in [6.45, 7) is 12.2. The molecule has 316 valence electrons. The molecule has 2 heterocycles. The summed E-state index contributed by atoms with van der Waals surface area (Å²) >= 11 is 1.17. The monoisotopic (exact) mass is 818 g/mol. The Morgan fingerprint density at radius 2 is 1.67 bits per heavy atom.